The van der Waals surface area contributed by atoms with E-state index < -0.39 is 0 Å². The highest BCUT2D eigenvalue weighted by Crippen LogP contribution is 2.32. The Kier molecular flexibility index (Phi) is 11.5. The maximum Gasteiger partial charge on any atom is 0.191 e. The summed E-state index contributed by atoms with van der Waals surface area (Å²) in [5.41, 5.74) is 0.748. The number of aliphatic imine (C=N–C) groups is 1. The second-order valence-electron chi connectivity index (χ2n) is 8.66. The summed E-state index contributed by atoms with van der Waals surface area (Å²) in [7, 11) is 0. The molecule has 3 rings (SSSR count). The molecule has 176 valence electrons. The highest BCUT2D eigenvalue weighted by molar-refractivity contribution is 14.0. The van der Waals surface area contributed by atoms with Gasteiger partial charge in [0, 0.05) is 43.8 Å². The molecule has 1 aromatic rings. The number of halogens is 2. The number of aliphatic hydroxyl groups is 1. The average molecular weight is 548 g/mol. The molecule has 2 aliphatic rings. The van der Waals surface area contributed by atoms with E-state index in [4.69, 9.17) is 9.73 Å². The van der Waals surface area contributed by atoms with Crippen LogP contribution in [-0.2, 0) is 11.3 Å². The second-order valence-corrected chi connectivity index (χ2v) is 8.66. The van der Waals surface area contributed by atoms with Crippen LogP contribution in [0.5, 0.6) is 0 Å². The van der Waals surface area contributed by atoms with Gasteiger partial charge in [0.05, 0.1) is 13.2 Å². The van der Waals surface area contributed by atoms with Gasteiger partial charge in [-0.05, 0) is 57.7 Å². The zero-order valence-electron chi connectivity index (χ0n) is 18.6. The fourth-order valence-corrected chi connectivity index (χ4v) is 4.33. The van der Waals surface area contributed by atoms with Crippen molar-refractivity contribution in [2.24, 2.45) is 16.3 Å². The van der Waals surface area contributed by atoms with Crippen molar-refractivity contribution in [1.29, 1.82) is 0 Å². The molecule has 3 N–H and O–H groups in total. The standard InChI is InChI=1S/C23H37FN4O2.HI/c1-2-25-22(27-17-23(9-13-29)10-14-30-18-23)26-15-19-7-11-28(12-8-19)16-20-5-3-4-6-21(20)24;/h3-6,19,29H,2,7-18H2,1H3,(H2,25,26,27);1H. The Balaban J connectivity index is 0.00000341. The van der Waals surface area contributed by atoms with Gasteiger partial charge in [0.25, 0.3) is 0 Å². The van der Waals surface area contributed by atoms with Gasteiger partial charge in [0.15, 0.2) is 5.96 Å². The molecule has 2 heterocycles. The van der Waals surface area contributed by atoms with Crippen LogP contribution in [0.2, 0.25) is 0 Å². The fourth-order valence-electron chi connectivity index (χ4n) is 4.33. The number of aliphatic hydroxyl groups excluding tert-OH is 1. The summed E-state index contributed by atoms with van der Waals surface area (Å²) in [6.07, 6.45) is 3.89. The van der Waals surface area contributed by atoms with Gasteiger partial charge < -0.3 is 20.5 Å². The average Bonchev–Trinajstić information content (AvgIpc) is 3.22. The zero-order valence-corrected chi connectivity index (χ0v) is 20.9. The van der Waals surface area contributed by atoms with E-state index in [2.05, 4.69) is 22.5 Å². The minimum Gasteiger partial charge on any atom is -0.396 e. The van der Waals surface area contributed by atoms with E-state index in [0.717, 1.165) is 70.0 Å². The number of hydrogen-bond donors (Lipinski definition) is 3. The van der Waals surface area contributed by atoms with Crippen molar-refractivity contribution in [3.05, 3.63) is 35.6 Å². The Bertz CT molecular complexity index is 677. The summed E-state index contributed by atoms with van der Waals surface area (Å²) in [5, 5.41) is 16.2. The van der Waals surface area contributed by atoms with E-state index in [1.807, 2.05) is 12.1 Å². The van der Waals surface area contributed by atoms with E-state index in [9.17, 15) is 9.50 Å². The molecule has 2 fully saturated rings. The summed E-state index contributed by atoms with van der Waals surface area (Å²) in [5.74, 6) is 1.32. The fraction of sp³-hybridized carbons (Fsp3) is 0.696. The first-order valence-corrected chi connectivity index (χ1v) is 11.3. The molecule has 0 aliphatic carbocycles. The minimum absolute atomic E-state index is 0. The number of benzene rings is 1. The number of nitrogens with zero attached hydrogens (tertiary/aromatic N) is 2. The van der Waals surface area contributed by atoms with Crippen molar-refractivity contribution in [3.8, 4) is 0 Å². The van der Waals surface area contributed by atoms with Crippen LogP contribution in [0.25, 0.3) is 0 Å². The van der Waals surface area contributed by atoms with Gasteiger partial charge in [-0.15, -0.1) is 24.0 Å². The van der Waals surface area contributed by atoms with Crippen LogP contribution in [-0.4, -0.2) is 68.5 Å². The van der Waals surface area contributed by atoms with E-state index in [1.165, 1.54) is 6.07 Å². The molecular weight excluding hydrogens is 510 g/mol. The summed E-state index contributed by atoms with van der Waals surface area (Å²) < 4.78 is 19.5. The maximum absolute atomic E-state index is 13.9. The molecule has 0 saturated carbocycles. The Labute approximate surface area is 203 Å². The van der Waals surface area contributed by atoms with Crippen molar-refractivity contribution in [1.82, 2.24) is 15.5 Å². The molecule has 1 aromatic carbocycles. The normalized spacial score (nSPS) is 22.9. The highest BCUT2D eigenvalue weighted by Gasteiger charge is 2.34. The number of hydrogen-bond acceptors (Lipinski definition) is 4. The molecule has 2 aliphatic heterocycles. The van der Waals surface area contributed by atoms with Crippen LogP contribution in [0.1, 0.15) is 38.2 Å². The van der Waals surface area contributed by atoms with E-state index in [0.29, 0.717) is 25.6 Å². The van der Waals surface area contributed by atoms with Gasteiger partial charge in [0.2, 0.25) is 0 Å². The van der Waals surface area contributed by atoms with Gasteiger partial charge in [-0.25, -0.2) is 4.39 Å². The van der Waals surface area contributed by atoms with Gasteiger partial charge in [-0.3, -0.25) is 9.89 Å². The largest absolute Gasteiger partial charge is 0.396 e. The Morgan fingerprint density at radius 2 is 2.06 bits per heavy atom. The first-order valence-electron chi connectivity index (χ1n) is 11.3. The molecule has 0 aromatic heterocycles. The van der Waals surface area contributed by atoms with Gasteiger partial charge in [0.1, 0.15) is 5.82 Å². The predicted octanol–water partition coefficient (Wildman–Crippen LogP) is 3.00. The van der Waals surface area contributed by atoms with Crippen LogP contribution in [0, 0.1) is 17.2 Å². The number of piperidine rings is 1. The van der Waals surface area contributed by atoms with Crippen molar-refractivity contribution in [2.75, 3.05) is 52.5 Å². The first kappa shape index (κ1) is 26.3. The molecule has 0 radical (unpaired) electrons. The summed E-state index contributed by atoms with van der Waals surface area (Å²) in [6.45, 7) is 8.72. The SMILES string of the molecule is CCNC(=NCC1(CCO)CCOC1)NCC1CCN(Cc2ccccc2F)CC1.I. The lowest BCUT2D eigenvalue weighted by Crippen LogP contribution is -2.43. The van der Waals surface area contributed by atoms with Crippen molar-refractivity contribution in [2.45, 2.75) is 39.2 Å². The van der Waals surface area contributed by atoms with E-state index in [1.54, 1.807) is 6.07 Å². The summed E-state index contributed by atoms with van der Waals surface area (Å²) in [6, 6.07) is 7.06. The maximum atomic E-state index is 13.9. The third-order valence-electron chi connectivity index (χ3n) is 6.36. The van der Waals surface area contributed by atoms with E-state index >= 15 is 0 Å². The summed E-state index contributed by atoms with van der Waals surface area (Å²) in [4.78, 5) is 7.14. The number of rotatable bonds is 9. The van der Waals surface area contributed by atoms with Crippen LogP contribution < -0.4 is 10.6 Å². The Morgan fingerprint density at radius 3 is 2.71 bits per heavy atom. The Morgan fingerprint density at radius 1 is 1.29 bits per heavy atom. The number of likely N-dealkylation sites (tertiary alicyclic amines) is 1. The van der Waals surface area contributed by atoms with Gasteiger partial charge in [-0.1, -0.05) is 18.2 Å². The molecule has 31 heavy (non-hydrogen) atoms. The molecule has 6 nitrogen and oxygen atoms in total. The lowest BCUT2D eigenvalue weighted by atomic mass is 9.84. The topological polar surface area (TPSA) is 69.1 Å². The molecule has 0 bridgehead atoms. The smallest absolute Gasteiger partial charge is 0.191 e. The second kappa shape index (κ2) is 13.5. The molecule has 0 amide bonds. The molecule has 1 atom stereocenters. The predicted molar refractivity (Wildman–Crippen MR) is 133 cm³/mol. The molecule has 2 saturated heterocycles. The lowest BCUT2D eigenvalue weighted by molar-refractivity contribution is 0.131. The van der Waals surface area contributed by atoms with Crippen molar-refractivity contribution >= 4 is 29.9 Å². The molecular formula is C23H38FIN4O2. The number of guanidine groups is 1. The molecule has 8 heteroatoms. The monoisotopic (exact) mass is 548 g/mol. The Hall–Kier alpha value is -0.970. The van der Waals surface area contributed by atoms with Gasteiger partial charge >= 0.3 is 0 Å². The minimum atomic E-state index is -0.112. The van der Waals surface area contributed by atoms with Crippen molar-refractivity contribution < 1.29 is 14.2 Å². The number of nitrogens with one attached hydrogen (secondary N) is 2. The van der Waals surface area contributed by atoms with Crippen LogP contribution in [0.4, 0.5) is 4.39 Å². The highest BCUT2D eigenvalue weighted by atomic mass is 127. The van der Waals surface area contributed by atoms with Crippen LogP contribution >= 0.6 is 24.0 Å². The summed E-state index contributed by atoms with van der Waals surface area (Å²) >= 11 is 0. The lowest BCUT2D eigenvalue weighted by Gasteiger charge is -2.32. The van der Waals surface area contributed by atoms with Gasteiger partial charge in [-0.2, -0.15) is 0 Å². The number of ether oxygens (including phenoxy) is 1. The quantitative estimate of drug-likeness (QED) is 0.252. The van der Waals surface area contributed by atoms with Crippen LogP contribution in [0.3, 0.4) is 0 Å². The third kappa shape index (κ3) is 8.14. The zero-order chi connectivity index (χ0) is 21.2. The van der Waals surface area contributed by atoms with Crippen molar-refractivity contribution in [3.63, 3.8) is 0 Å². The van der Waals surface area contributed by atoms with Crippen LogP contribution in [0.15, 0.2) is 29.3 Å². The van der Waals surface area contributed by atoms with E-state index in [-0.39, 0.29) is 41.8 Å². The first-order chi connectivity index (χ1) is 14.6. The molecule has 0 spiro atoms. The molecule has 1 unspecified atom stereocenters. The third-order valence-corrected chi connectivity index (χ3v) is 6.36.